The first-order valence-electron chi connectivity index (χ1n) is 22.0. The quantitative estimate of drug-likeness (QED) is 0.0686. The van der Waals surface area contributed by atoms with Gasteiger partial charge in [-0.2, -0.15) is 0 Å². The monoisotopic (exact) mass is 849 g/mol. The summed E-state index contributed by atoms with van der Waals surface area (Å²) >= 11 is 0. The number of aromatic nitrogens is 1. The second-order valence-electron chi connectivity index (χ2n) is 15.4. The molecule has 0 radical (unpaired) electrons. The van der Waals surface area contributed by atoms with E-state index in [1.807, 2.05) is 18.2 Å². The van der Waals surface area contributed by atoms with Gasteiger partial charge in [0.05, 0.1) is 11.0 Å². The average Bonchev–Trinajstić information content (AvgIpc) is 3.66. The Morgan fingerprint density at radius 3 is 1.79 bits per heavy atom. The van der Waals surface area contributed by atoms with E-state index in [2.05, 4.69) is 225 Å². The largest absolute Gasteiger partial charge is 0.412 e. The van der Waals surface area contributed by atoms with Crippen LogP contribution in [0, 0.1) is 6.92 Å². The fourth-order valence-electron chi connectivity index (χ4n) is 8.00. The highest BCUT2D eigenvalue weighted by Gasteiger charge is 2.21. The van der Waals surface area contributed by atoms with Gasteiger partial charge >= 0.3 is 0 Å². The van der Waals surface area contributed by atoms with Gasteiger partial charge < -0.3 is 14.8 Å². The molecule has 1 heterocycles. The number of hydrogen-bond donors (Lipinski definition) is 0. The molecule has 2 N–H and O–H groups in total. The molecular weight excluding hydrogens is 786 g/mol. The van der Waals surface area contributed by atoms with Crippen molar-refractivity contribution in [3.63, 3.8) is 0 Å². The van der Waals surface area contributed by atoms with Crippen molar-refractivity contribution in [2.45, 2.75) is 59.8 Å². The van der Waals surface area contributed by atoms with Gasteiger partial charge in [-0.05, 0) is 136 Å². The Morgan fingerprint density at radius 2 is 1.24 bits per heavy atom. The molecule has 63 heavy (non-hydrogen) atoms. The molecule has 1 aliphatic carbocycles. The number of allylic oxidation sites excluding steroid dienone is 12. The summed E-state index contributed by atoms with van der Waals surface area (Å²) in [4.78, 5) is 0. The van der Waals surface area contributed by atoms with E-state index in [9.17, 15) is 0 Å². The average molecular weight is 850 g/mol. The van der Waals surface area contributed by atoms with E-state index in [1.165, 1.54) is 76.8 Å². The Balaban J connectivity index is 0.000000606. The van der Waals surface area contributed by atoms with Crippen molar-refractivity contribution in [1.82, 2.24) is 4.57 Å². The van der Waals surface area contributed by atoms with Crippen molar-refractivity contribution >= 4 is 40.3 Å². The lowest BCUT2D eigenvalue weighted by Crippen LogP contribution is -2.15. The van der Waals surface area contributed by atoms with Crippen LogP contribution < -0.4 is 10.6 Å². The molecule has 0 saturated carbocycles. The van der Waals surface area contributed by atoms with Crippen molar-refractivity contribution in [2.75, 3.05) is 14.2 Å². The van der Waals surface area contributed by atoms with Crippen molar-refractivity contribution in [3.05, 3.63) is 234 Å². The van der Waals surface area contributed by atoms with Gasteiger partial charge in [0, 0.05) is 30.7 Å². The Bertz CT molecular complexity index is 2620. The zero-order valence-electron chi connectivity index (χ0n) is 38.0. The number of nitrogens with zero attached hydrogens (tertiary/aromatic N) is 1. The van der Waals surface area contributed by atoms with Crippen LogP contribution in [0.2, 0.25) is 0 Å². The van der Waals surface area contributed by atoms with Gasteiger partial charge in [-0.25, -0.2) is 0 Å². The normalized spacial score (nSPS) is 13.3. The summed E-state index contributed by atoms with van der Waals surface area (Å²) in [5.74, 6) is 0. The fourth-order valence-corrected chi connectivity index (χ4v) is 10.5. The molecule has 0 fully saturated rings. The highest BCUT2D eigenvalue weighted by molar-refractivity contribution is 7.77. The number of hydrogen-bond acceptors (Lipinski definition) is 1. The molecule has 4 heteroatoms. The first-order chi connectivity index (χ1) is 30.5. The molecule has 0 aliphatic heterocycles. The predicted octanol–water partition coefficient (Wildman–Crippen LogP) is 14.9. The third-order valence-corrected chi connectivity index (χ3v) is 13.3. The summed E-state index contributed by atoms with van der Waals surface area (Å²) in [5, 5.41) is 6.69. The molecule has 1 aliphatic rings. The number of para-hydroxylation sites is 2. The lowest BCUT2D eigenvalue weighted by atomic mass is 9.97. The zero-order valence-corrected chi connectivity index (χ0v) is 38.9. The van der Waals surface area contributed by atoms with Crippen LogP contribution in [0.4, 0.5) is 0 Å². The molecule has 1 unspecified atom stereocenters. The second-order valence-corrected chi connectivity index (χ2v) is 17.7. The molecule has 3 nitrogen and oxygen atoms in total. The van der Waals surface area contributed by atoms with Crippen molar-refractivity contribution in [2.24, 2.45) is 0 Å². The maximum Gasteiger partial charge on any atom is 0.0541 e. The standard InChI is InChI=1S/C50H48NP.C7H8.C2H6O.H2O/c1-4-19-39(40-22-9-7-10-23-40)26-14-13-21-38-35-43(51-49-29-17-15-27-47(49)48-28-16-18-30-50(48)51)37-46(36-38)52(44(6-3)20-5-2)45-33-31-42(32-34-45)41-24-11-8-12-25-41;1-7-5-3-2-4-6-7;1-3-2;/h4-6,8-9,11-12,15-20,22-37H,7,10,13-14,21H2,1-3H3;2-6H,1H3;1-2H3;1H2/b19-4-,20-5-,39-26+,44-6+;;;. The van der Waals surface area contributed by atoms with Crippen LogP contribution in [-0.4, -0.2) is 24.3 Å². The number of rotatable bonds is 12. The van der Waals surface area contributed by atoms with Gasteiger partial charge in [-0.1, -0.05) is 188 Å². The maximum atomic E-state index is 4.25. The van der Waals surface area contributed by atoms with Crippen LogP contribution in [-0.2, 0) is 11.2 Å². The van der Waals surface area contributed by atoms with Gasteiger partial charge in [-0.3, -0.25) is 0 Å². The third-order valence-electron chi connectivity index (χ3n) is 10.8. The van der Waals surface area contributed by atoms with Crippen LogP contribution in [0.25, 0.3) is 38.6 Å². The summed E-state index contributed by atoms with van der Waals surface area (Å²) < 4.78 is 6.74. The van der Waals surface area contributed by atoms with E-state index in [-0.39, 0.29) is 5.48 Å². The van der Waals surface area contributed by atoms with E-state index < -0.39 is 7.92 Å². The lowest BCUT2D eigenvalue weighted by molar-refractivity contribution is 0.277. The molecular formula is C59H64NO2P. The number of ether oxygens (including phenoxy) is 1. The highest BCUT2D eigenvalue weighted by Crippen LogP contribution is 2.45. The number of unbranched alkanes of at least 4 members (excludes halogenated alkanes) is 1. The number of fused-ring (bicyclic) bond motifs is 3. The van der Waals surface area contributed by atoms with Gasteiger partial charge in [-0.15, -0.1) is 0 Å². The lowest BCUT2D eigenvalue weighted by Gasteiger charge is -2.23. The smallest absolute Gasteiger partial charge is 0.0541 e. The SMILES string of the molecule is C/C=C\C(=C/CCCc1cc(-n2c3ccccc3c3ccccc32)cc(P(C(/C=C\C)=C/C)c2ccc(-c3ccccc3)cc2)c1)C1=CCCC=C1.COC.Cc1ccccc1.O. The Labute approximate surface area is 378 Å². The summed E-state index contributed by atoms with van der Waals surface area (Å²) in [7, 11) is 2.44. The number of benzene rings is 6. The van der Waals surface area contributed by atoms with E-state index in [0.29, 0.717) is 0 Å². The van der Waals surface area contributed by atoms with Crippen molar-refractivity contribution < 1.29 is 10.2 Å². The molecule has 6 aromatic carbocycles. The predicted molar refractivity (Wildman–Crippen MR) is 277 cm³/mol. The van der Waals surface area contributed by atoms with Crippen molar-refractivity contribution in [3.8, 4) is 16.8 Å². The number of methoxy groups -OCH3 is 1. The molecule has 0 saturated heterocycles. The van der Waals surface area contributed by atoms with Gasteiger partial charge in [0.1, 0.15) is 0 Å². The van der Waals surface area contributed by atoms with Gasteiger partial charge in [0.15, 0.2) is 0 Å². The first kappa shape index (κ1) is 48.0. The minimum atomic E-state index is -0.814. The molecule has 0 bridgehead atoms. The second kappa shape index (κ2) is 25.1. The molecule has 0 spiro atoms. The highest BCUT2D eigenvalue weighted by atomic mass is 31.1. The molecule has 0 amide bonds. The summed E-state index contributed by atoms with van der Waals surface area (Å²) in [6, 6.07) is 55.4. The van der Waals surface area contributed by atoms with Crippen LogP contribution in [0.5, 0.6) is 0 Å². The molecule has 1 aromatic heterocycles. The summed E-state index contributed by atoms with van der Waals surface area (Å²) in [5.41, 5.74) is 11.6. The van der Waals surface area contributed by atoms with Gasteiger partial charge in [0.25, 0.3) is 0 Å². The van der Waals surface area contributed by atoms with E-state index in [0.717, 1.165) is 32.1 Å². The van der Waals surface area contributed by atoms with E-state index in [1.54, 1.807) is 14.2 Å². The van der Waals surface area contributed by atoms with E-state index in [4.69, 9.17) is 0 Å². The van der Waals surface area contributed by atoms with Crippen LogP contribution in [0.3, 0.4) is 0 Å². The molecule has 8 rings (SSSR count). The number of aryl methyl sites for hydroxylation is 2. The minimum absolute atomic E-state index is 0. The Kier molecular flexibility index (Phi) is 19.1. The van der Waals surface area contributed by atoms with E-state index >= 15 is 0 Å². The third kappa shape index (κ3) is 12.7. The Hall–Kier alpha value is -6.09. The summed E-state index contributed by atoms with van der Waals surface area (Å²) in [6.07, 6.45) is 26.0. The molecule has 1 atom stereocenters. The molecule has 7 aromatic rings. The first-order valence-corrected chi connectivity index (χ1v) is 23.3. The van der Waals surface area contributed by atoms with Gasteiger partial charge in [0.2, 0.25) is 0 Å². The zero-order chi connectivity index (χ0) is 43.5. The maximum absolute atomic E-state index is 4.25. The van der Waals surface area contributed by atoms with Crippen LogP contribution >= 0.6 is 7.92 Å². The summed E-state index contributed by atoms with van der Waals surface area (Å²) in [6.45, 7) is 8.51. The fraction of sp³-hybridized carbons (Fsp3) is 0.186. The van der Waals surface area contributed by atoms with Crippen LogP contribution in [0.15, 0.2) is 223 Å². The minimum Gasteiger partial charge on any atom is -0.412 e. The molecule has 322 valence electrons. The topological polar surface area (TPSA) is 45.7 Å². The van der Waals surface area contributed by atoms with Crippen molar-refractivity contribution in [1.29, 1.82) is 0 Å². The van der Waals surface area contributed by atoms with Crippen LogP contribution in [0.1, 0.15) is 57.6 Å². The Morgan fingerprint density at radius 1 is 0.651 bits per heavy atom.